The van der Waals surface area contributed by atoms with Crippen LogP contribution in [-0.4, -0.2) is 102 Å². The molecule has 59 heavy (non-hydrogen) atoms. The van der Waals surface area contributed by atoms with Gasteiger partial charge in [-0.25, -0.2) is 18.6 Å². The highest BCUT2D eigenvalue weighted by Gasteiger charge is 2.34. The Kier molecular flexibility index (Phi) is 16.1. The molecule has 2 aliphatic rings. The largest absolute Gasteiger partial charge is 0.444 e. The van der Waals surface area contributed by atoms with Gasteiger partial charge in [0.25, 0.3) is 11.8 Å². The van der Waals surface area contributed by atoms with Crippen molar-refractivity contribution in [3.8, 4) is 0 Å². The number of nitrogens with two attached hydrogens (primary N) is 3. The number of hydrogen-bond donors (Lipinski definition) is 4. The number of nitrogens with one attached hydrogen (secondary N) is 1. The maximum atomic E-state index is 12.5. The van der Waals surface area contributed by atoms with Gasteiger partial charge >= 0.3 is 12.2 Å². The van der Waals surface area contributed by atoms with E-state index in [0.29, 0.717) is 47.3 Å². The molecular formula is C40H57Br2ClN10O6. The van der Waals surface area contributed by atoms with Gasteiger partial charge in [0.05, 0.1) is 45.3 Å². The van der Waals surface area contributed by atoms with Gasteiger partial charge in [0, 0.05) is 59.6 Å². The molecule has 19 heteroatoms. The number of aromatic nitrogens is 4. The van der Waals surface area contributed by atoms with Crippen molar-refractivity contribution < 1.29 is 28.7 Å². The Morgan fingerprint density at radius 2 is 1.24 bits per heavy atom. The van der Waals surface area contributed by atoms with Crippen LogP contribution in [0.5, 0.6) is 0 Å². The van der Waals surface area contributed by atoms with Gasteiger partial charge in [-0.05, 0) is 117 Å². The number of anilines is 1. The van der Waals surface area contributed by atoms with Crippen LogP contribution in [0.25, 0.3) is 11.0 Å². The van der Waals surface area contributed by atoms with Crippen molar-refractivity contribution in [1.82, 2.24) is 29.0 Å². The number of amides is 4. The molecule has 0 bridgehead atoms. The van der Waals surface area contributed by atoms with E-state index in [2.05, 4.69) is 61.2 Å². The molecule has 2 aliphatic heterocycles. The highest BCUT2D eigenvalue weighted by molar-refractivity contribution is 9.10. The zero-order valence-corrected chi connectivity index (χ0v) is 38.9. The summed E-state index contributed by atoms with van der Waals surface area (Å²) in [7, 11) is 0. The first kappa shape index (κ1) is 47.5. The monoisotopic (exact) mass is 966 g/mol. The first-order valence-electron chi connectivity index (χ1n) is 19.6. The highest BCUT2D eigenvalue weighted by Crippen LogP contribution is 2.31. The Morgan fingerprint density at radius 3 is 1.73 bits per heavy atom. The van der Waals surface area contributed by atoms with E-state index in [1.807, 2.05) is 53.8 Å². The molecule has 16 nitrogen and oxygen atoms in total. The van der Waals surface area contributed by atoms with Crippen molar-refractivity contribution in [3.05, 3.63) is 62.0 Å². The topological polar surface area (TPSA) is 218 Å². The van der Waals surface area contributed by atoms with Gasteiger partial charge in [0.1, 0.15) is 11.2 Å². The van der Waals surface area contributed by atoms with Gasteiger partial charge in [0.2, 0.25) is 0 Å². The molecule has 4 aromatic heterocycles. The van der Waals surface area contributed by atoms with Crippen LogP contribution in [0.15, 0.2) is 45.9 Å². The van der Waals surface area contributed by atoms with Crippen molar-refractivity contribution in [1.29, 1.82) is 0 Å². The van der Waals surface area contributed by atoms with Crippen LogP contribution < -0.4 is 22.5 Å². The molecule has 4 amide bonds. The van der Waals surface area contributed by atoms with E-state index in [4.69, 9.17) is 38.3 Å². The van der Waals surface area contributed by atoms with Gasteiger partial charge in [-0.1, -0.05) is 31.9 Å². The number of ether oxygens (including phenoxy) is 2. The number of piperidine rings is 2. The first-order chi connectivity index (χ1) is 27.5. The summed E-state index contributed by atoms with van der Waals surface area (Å²) in [6.45, 7) is 18.1. The standard InChI is InChI=1S/C20H28BrN5O3.C12H24N2O2.C8H5BrClN3O/c1-5-12-10-25(19(28)29-20(2,3)4)7-6-15(12)24-17-14(18(22)27)9-23-26-11-13(21)8-16(17)26;1-5-9-8-14(7-6-10(9)13)11(15)16-12(2,3)4;9-4-1-6-7(10)5(8(11)14)2-12-13(6)3-4/h8-9,11-12,15,24H,5-7,10H2,1-4H3,(H2,22,27);9-10H,5-8,13H2,1-4H3;1-3H,(H2,11,14)/t12-,15-;9-,10-;/m11./s1. The zero-order valence-electron chi connectivity index (χ0n) is 34.9. The fraction of sp³-hybridized carbons (Fsp3) is 0.550. The van der Waals surface area contributed by atoms with Crippen LogP contribution in [0.2, 0.25) is 5.02 Å². The number of primary amides is 2. The van der Waals surface area contributed by atoms with Gasteiger partial charge in [-0.2, -0.15) is 10.2 Å². The summed E-state index contributed by atoms with van der Waals surface area (Å²) in [6.07, 6.45) is 9.43. The molecule has 6 heterocycles. The molecular weight excluding hydrogens is 912 g/mol. The number of rotatable bonds is 6. The van der Waals surface area contributed by atoms with Crippen LogP contribution in [0.4, 0.5) is 15.3 Å². The van der Waals surface area contributed by atoms with E-state index in [1.54, 1.807) is 31.1 Å². The molecule has 324 valence electrons. The molecule has 0 spiro atoms. The fourth-order valence-corrected chi connectivity index (χ4v) is 7.92. The summed E-state index contributed by atoms with van der Waals surface area (Å²) in [6, 6.07) is 3.99. The van der Waals surface area contributed by atoms with Gasteiger partial charge in [0.15, 0.2) is 0 Å². The minimum absolute atomic E-state index is 0.0941. The average molecular weight is 969 g/mol. The van der Waals surface area contributed by atoms with E-state index in [9.17, 15) is 19.2 Å². The Bertz CT molecular complexity index is 2130. The summed E-state index contributed by atoms with van der Waals surface area (Å²) in [5, 5.41) is 12.1. The van der Waals surface area contributed by atoms with Crippen molar-refractivity contribution >= 4 is 84.2 Å². The quantitative estimate of drug-likeness (QED) is 0.149. The normalized spacial score (nSPS) is 19.6. The Labute approximate surface area is 367 Å². The fourth-order valence-electron chi connectivity index (χ4n) is 6.82. The number of halogens is 3. The molecule has 0 aromatic carbocycles. The summed E-state index contributed by atoms with van der Waals surface area (Å²) in [4.78, 5) is 50.8. The van der Waals surface area contributed by atoms with E-state index < -0.39 is 23.0 Å². The lowest BCUT2D eigenvalue weighted by Crippen LogP contribution is -2.50. The molecule has 0 saturated carbocycles. The number of carbonyl (C=O) groups is 4. The van der Waals surface area contributed by atoms with Crippen LogP contribution in [0.1, 0.15) is 102 Å². The number of likely N-dealkylation sites (tertiary alicyclic amines) is 2. The number of hydrogen-bond acceptors (Lipinski definition) is 10. The van der Waals surface area contributed by atoms with E-state index >= 15 is 0 Å². The molecule has 4 atom stereocenters. The van der Waals surface area contributed by atoms with E-state index in [-0.39, 0.29) is 35.8 Å². The van der Waals surface area contributed by atoms with Crippen LogP contribution in [-0.2, 0) is 9.47 Å². The van der Waals surface area contributed by atoms with E-state index in [0.717, 1.165) is 46.7 Å². The number of fused-ring (bicyclic) bond motifs is 2. The molecule has 2 saturated heterocycles. The van der Waals surface area contributed by atoms with Crippen molar-refractivity contribution in [2.24, 2.45) is 29.0 Å². The molecule has 0 aliphatic carbocycles. The number of nitrogens with zero attached hydrogens (tertiary/aromatic N) is 6. The lowest BCUT2D eigenvalue weighted by Gasteiger charge is -2.39. The third-order valence-corrected chi connectivity index (χ3v) is 11.1. The summed E-state index contributed by atoms with van der Waals surface area (Å²) in [5.74, 6) is -0.494. The van der Waals surface area contributed by atoms with Crippen molar-refractivity contribution in [3.63, 3.8) is 0 Å². The minimum atomic E-state index is -0.581. The third kappa shape index (κ3) is 12.9. The molecule has 4 aromatic rings. The minimum Gasteiger partial charge on any atom is -0.444 e. The Hall–Kier alpha value is -4.13. The van der Waals surface area contributed by atoms with Crippen molar-refractivity contribution in [2.75, 3.05) is 31.5 Å². The Balaban J connectivity index is 0.000000216. The second-order valence-electron chi connectivity index (χ2n) is 16.7. The van der Waals surface area contributed by atoms with Crippen molar-refractivity contribution in [2.45, 2.75) is 104 Å². The smallest absolute Gasteiger partial charge is 0.410 e. The molecule has 2 fully saturated rings. The Morgan fingerprint density at radius 1 is 0.780 bits per heavy atom. The lowest BCUT2D eigenvalue weighted by atomic mass is 9.89. The predicted octanol–water partition coefficient (Wildman–Crippen LogP) is 7.47. The molecule has 0 unspecified atom stereocenters. The second-order valence-corrected chi connectivity index (χ2v) is 18.9. The van der Waals surface area contributed by atoms with Gasteiger partial charge < -0.3 is 41.8 Å². The molecule has 6 rings (SSSR count). The summed E-state index contributed by atoms with van der Waals surface area (Å²) >= 11 is 12.7. The summed E-state index contributed by atoms with van der Waals surface area (Å²) < 4.78 is 15.9. The van der Waals surface area contributed by atoms with Gasteiger partial charge in [-0.15, -0.1) is 0 Å². The second kappa shape index (κ2) is 20.0. The molecule has 7 N–H and O–H groups in total. The SMILES string of the molecule is CC[C@@H]1CN(C(=O)OC(C)(C)C)CC[C@H]1N.CC[C@@H]1CN(C(=O)OC(C)(C)C)CC[C@H]1Nc1c(C(N)=O)cnn2cc(Br)cc12.NC(=O)c1cnn2cc(Br)cc2c1Cl. The maximum absolute atomic E-state index is 12.5. The van der Waals surface area contributed by atoms with Gasteiger partial charge in [-0.3, -0.25) is 9.59 Å². The highest BCUT2D eigenvalue weighted by atomic mass is 79.9. The predicted molar refractivity (Wildman–Crippen MR) is 236 cm³/mol. The van der Waals surface area contributed by atoms with Crippen LogP contribution in [0, 0.1) is 11.8 Å². The molecule has 0 radical (unpaired) electrons. The maximum Gasteiger partial charge on any atom is 0.410 e. The number of carbonyl (C=O) groups excluding carboxylic acids is 4. The van der Waals surface area contributed by atoms with Crippen LogP contribution in [0.3, 0.4) is 0 Å². The lowest BCUT2D eigenvalue weighted by molar-refractivity contribution is 0.0139. The summed E-state index contributed by atoms with van der Waals surface area (Å²) in [5.41, 5.74) is 18.5. The average Bonchev–Trinajstić information content (AvgIpc) is 3.72. The first-order valence-corrected chi connectivity index (χ1v) is 21.5. The van der Waals surface area contributed by atoms with E-state index in [1.165, 1.54) is 12.4 Å². The van der Waals surface area contributed by atoms with Crippen LogP contribution >= 0.6 is 43.5 Å². The zero-order chi connectivity index (χ0) is 44.0. The third-order valence-electron chi connectivity index (χ3n) is 9.88.